The number of hydrogen-bond donors (Lipinski definition) is 2. The van der Waals surface area contributed by atoms with Crippen molar-refractivity contribution in [2.75, 3.05) is 30.3 Å². The summed E-state index contributed by atoms with van der Waals surface area (Å²) in [5.74, 6) is -1.90. The van der Waals surface area contributed by atoms with Crippen molar-refractivity contribution in [3.05, 3.63) is 24.0 Å². The van der Waals surface area contributed by atoms with Gasteiger partial charge in [-0.15, -0.1) is 11.8 Å². The number of nitrogens with one attached hydrogen (secondary N) is 2. The van der Waals surface area contributed by atoms with Crippen molar-refractivity contribution in [2.45, 2.75) is 42.4 Å². The Bertz CT molecular complexity index is 1050. The van der Waals surface area contributed by atoms with E-state index < -0.39 is 37.5 Å². The molecule has 0 radical (unpaired) electrons. The van der Waals surface area contributed by atoms with Crippen molar-refractivity contribution in [2.24, 2.45) is 11.8 Å². The molecule has 32 heavy (non-hydrogen) atoms. The maximum atomic E-state index is 14.5. The molecular weight excluding hydrogens is 477 g/mol. The lowest BCUT2D eigenvalue weighted by atomic mass is 9.80. The van der Waals surface area contributed by atoms with E-state index in [0.717, 1.165) is 30.7 Å². The summed E-state index contributed by atoms with van der Waals surface area (Å²) in [5, 5.41) is 11.2. The zero-order valence-electron chi connectivity index (χ0n) is 17.8. The summed E-state index contributed by atoms with van der Waals surface area (Å²) >= 11 is 1.09. The highest BCUT2D eigenvalue weighted by molar-refractivity contribution is 7.99. The second-order valence-electron chi connectivity index (χ2n) is 7.55. The minimum absolute atomic E-state index is 0.0413. The van der Waals surface area contributed by atoms with Crippen LogP contribution >= 0.6 is 11.8 Å². The van der Waals surface area contributed by atoms with Crippen molar-refractivity contribution >= 4 is 37.5 Å². The maximum absolute atomic E-state index is 14.5. The number of carbonyl (C=O) groups is 1. The van der Waals surface area contributed by atoms with Gasteiger partial charge in [0.2, 0.25) is 15.9 Å². The minimum atomic E-state index is -3.82. The molecule has 0 bridgehead atoms. The van der Waals surface area contributed by atoms with Crippen LogP contribution in [0.15, 0.2) is 28.0 Å². The Morgan fingerprint density at radius 2 is 1.97 bits per heavy atom. The van der Waals surface area contributed by atoms with Crippen LogP contribution < -0.4 is 10.0 Å². The van der Waals surface area contributed by atoms with E-state index in [1.54, 1.807) is 0 Å². The number of carbonyl (C=O) groups excluding carboxylic acids is 1. The van der Waals surface area contributed by atoms with Crippen molar-refractivity contribution in [1.82, 2.24) is 10.0 Å². The Balaban J connectivity index is 2.04. The molecule has 2 atom stereocenters. The largest absolute Gasteiger partial charge is 0.343 e. The first-order valence-electron chi connectivity index (χ1n) is 10.4. The molecule has 1 aliphatic rings. The third-order valence-corrected chi connectivity index (χ3v) is 9.64. The summed E-state index contributed by atoms with van der Waals surface area (Å²) in [5.41, 5.74) is 0. The predicted octanol–water partition coefficient (Wildman–Crippen LogP) is 2.08. The zero-order chi connectivity index (χ0) is 23.8. The van der Waals surface area contributed by atoms with Gasteiger partial charge < -0.3 is 5.32 Å². The first kappa shape index (κ1) is 26.6. The Morgan fingerprint density at radius 3 is 2.62 bits per heavy atom. The molecule has 0 saturated heterocycles. The van der Waals surface area contributed by atoms with E-state index in [-0.39, 0.29) is 40.3 Å². The fourth-order valence-electron chi connectivity index (χ4n) is 3.64. The number of hydrogen-bond acceptors (Lipinski definition) is 7. The van der Waals surface area contributed by atoms with Crippen LogP contribution in [0.3, 0.4) is 0 Å². The van der Waals surface area contributed by atoms with E-state index in [9.17, 15) is 26.0 Å². The molecule has 1 fully saturated rings. The second-order valence-corrected chi connectivity index (χ2v) is 12.8. The minimum Gasteiger partial charge on any atom is -0.343 e. The number of thioether (sulfide) groups is 1. The molecule has 1 aliphatic carbocycles. The van der Waals surface area contributed by atoms with Gasteiger partial charge in [-0.2, -0.15) is 5.26 Å². The Hall–Kier alpha value is -1.68. The zero-order valence-corrected chi connectivity index (χ0v) is 20.3. The summed E-state index contributed by atoms with van der Waals surface area (Å²) in [6.45, 7) is 1.53. The van der Waals surface area contributed by atoms with Gasteiger partial charge in [-0.25, -0.2) is 25.9 Å². The smallest absolute Gasteiger partial charge is 0.224 e. The molecule has 0 heterocycles. The number of benzene rings is 1. The fourth-order valence-corrected chi connectivity index (χ4v) is 6.89. The molecular formula is C20H28FN3O5S3. The van der Waals surface area contributed by atoms with Gasteiger partial charge in [0.1, 0.15) is 12.4 Å². The number of nitrogens with zero attached hydrogens (tertiary/aromatic N) is 1. The van der Waals surface area contributed by atoms with Gasteiger partial charge >= 0.3 is 0 Å². The number of rotatable bonds is 11. The van der Waals surface area contributed by atoms with Crippen molar-refractivity contribution < 1.29 is 26.0 Å². The van der Waals surface area contributed by atoms with Crippen LogP contribution in [-0.2, 0) is 24.7 Å². The van der Waals surface area contributed by atoms with E-state index >= 15 is 0 Å². The standard InChI is InChI=1S/C20H28FN3O5S3/c1-2-32(28,29)24-11-12-30-19-8-7-16(13-18(19)21)31(26,27)14-15-5-3-4-6-17(15)20(25)23-10-9-22/h7-8,13,15,17,24H,2-6,10-12,14H2,1H3,(H,23,25)/t15-,17+/m1/s1. The molecule has 0 aliphatic heterocycles. The molecule has 2 rings (SSSR count). The number of sulfonamides is 1. The summed E-state index contributed by atoms with van der Waals surface area (Å²) in [7, 11) is -7.14. The summed E-state index contributed by atoms with van der Waals surface area (Å²) in [6.07, 6.45) is 2.77. The Morgan fingerprint density at radius 1 is 1.25 bits per heavy atom. The molecule has 8 nitrogen and oxygen atoms in total. The lowest BCUT2D eigenvalue weighted by molar-refractivity contribution is -0.127. The van der Waals surface area contributed by atoms with Crippen molar-refractivity contribution in [1.29, 1.82) is 5.26 Å². The van der Waals surface area contributed by atoms with Crippen LogP contribution in [0.25, 0.3) is 0 Å². The lowest BCUT2D eigenvalue weighted by Gasteiger charge is -2.30. The summed E-state index contributed by atoms with van der Waals surface area (Å²) < 4.78 is 65.6. The van der Waals surface area contributed by atoms with Gasteiger partial charge in [0, 0.05) is 23.1 Å². The van der Waals surface area contributed by atoms with Crippen LogP contribution in [0.4, 0.5) is 4.39 Å². The Kier molecular flexibility index (Phi) is 9.94. The molecule has 2 N–H and O–H groups in total. The first-order chi connectivity index (χ1) is 15.1. The van der Waals surface area contributed by atoms with E-state index in [4.69, 9.17) is 5.26 Å². The average Bonchev–Trinajstić information content (AvgIpc) is 2.76. The topological polar surface area (TPSA) is 133 Å². The van der Waals surface area contributed by atoms with Gasteiger partial charge in [0.15, 0.2) is 9.84 Å². The van der Waals surface area contributed by atoms with Crippen LogP contribution in [-0.4, -0.2) is 53.1 Å². The predicted molar refractivity (Wildman–Crippen MR) is 121 cm³/mol. The molecule has 0 aromatic heterocycles. The molecule has 0 unspecified atom stereocenters. The number of amides is 1. The number of halogens is 1. The molecule has 1 aromatic rings. The highest BCUT2D eigenvalue weighted by Crippen LogP contribution is 2.33. The normalized spacial score (nSPS) is 19.3. The molecule has 178 valence electrons. The van der Waals surface area contributed by atoms with Gasteiger partial charge in [-0.3, -0.25) is 4.79 Å². The number of sulfone groups is 1. The first-order valence-corrected chi connectivity index (χ1v) is 14.7. The molecule has 1 aromatic carbocycles. The van der Waals surface area contributed by atoms with E-state index in [1.165, 1.54) is 19.1 Å². The molecule has 1 saturated carbocycles. The van der Waals surface area contributed by atoms with Gasteiger partial charge in [-0.05, 0) is 43.9 Å². The molecule has 1 amide bonds. The van der Waals surface area contributed by atoms with Gasteiger partial charge in [0.25, 0.3) is 0 Å². The highest BCUT2D eigenvalue weighted by atomic mass is 32.2. The maximum Gasteiger partial charge on any atom is 0.224 e. The van der Waals surface area contributed by atoms with E-state index in [1.807, 2.05) is 6.07 Å². The quantitative estimate of drug-likeness (QED) is 0.267. The lowest BCUT2D eigenvalue weighted by Crippen LogP contribution is -2.39. The number of nitriles is 1. The van der Waals surface area contributed by atoms with Crippen LogP contribution in [0.1, 0.15) is 32.6 Å². The van der Waals surface area contributed by atoms with Crippen LogP contribution in [0.5, 0.6) is 0 Å². The van der Waals surface area contributed by atoms with Crippen molar-refractivity contribution in [3.63, 3.8) is 0 Å². The average molecular weight is 506 g/mol. The van der Waals surface area contributed by atoms with Crippen LogP contribution in [0.2, 0.25) is 0 Å². The monoisotopic (exact) mass is 505 g/mol. The molecule has 12 heteroatoms. The van der Waals surface area contributed by atoms with E-state index in [2.05, 4.69) is 10.0 Å². The summed E-state index contributed by atoms with van der Waals surface area (Å²) in [6, 6.07) is 5.52. The third kappa shape index (κ3) is 7.72. The Labute approximate surface area is 193 Å². The SMILES string of the molecule is CCS(=O)(=O)NCCSc1ccc(S(=O)(=O)C[C@H]2CCCC[C@@H]2C(=O)NCC#N)cc1F. The van der Waals surface area contributed by atoms with Crippen LogP contribution in [0, 0.1) is 29.0 Å². The molecule has 0 spiro atoms. The van der Waals surface area contributed by atoms with E-state index in [0.29, 0.717) is 18.6 Å². The van der Waals surface area contributed by atoms with Crippen molar-refractivity contribution in [3.8, 4) is 6.07 Å². The van der Waals surface area contributed by atoms with Gasteiger partial charge in [0.05, 0.1) is 22.5 Å². The highest BCUT2D eigenvalue weighted by Gasteiger charge is 2.34. The second kappa shape index (κ2) is 12.0. The summed E-state index contributed by atoms with van der Waals surface area (Å²) in [4.78, 5) is 12.4. The fraction of sp³-hybridized carbons (Fsp3) is 0.600. The third-order valence-electron chi connectivity index (χ3n) is 5.35. The van der Waals surface area contributed by atoms with Gasteiger partial charge in [-0.1, -0.05) is 12.8 Å².